The first-order valence-corrected chi connectivity index (χ1v) is 52.9. The number of ketones is 1. The van der Waals surface area contributed by atoms with Gasteiger partial charge in [-0.3, -0.25) is 43.7 Å². The van der Waals surface area contributed by atoms with Crippen molar-refractivity contribution in [2.75, 3.05) is 86.7 Å². The van der Waals surface area contributed by atoms with Crippen LogP contribution in [0.3, 0.4) is 0 Å². The first-order valence-electron chi connectivity index (χ1n) is 50.8. The van der Waals surface area contributed by atoms with Crippen LogP contribution in [0.2, 0.25) is 0 Å². The average molecular weight is 1930 g/mol. The van der Waals surface area contributed by atoms with Crippen LogP contribution in [0.25, 0.3) is 36.8 Å². The van der Waals surface area contributed by atoms with E-state index in [-0.39, 0.29) is 92.1 Å². The molecule has 3 aromatic carbocycles. The molecule has 5 fully saturated rings. The fourth-order valence-electron chi connectivity index (χ4n) is 20.8. The number of likely N-dealkylation sites (N-methyl/N-ethyl adjacent to an activating group) is 1. The fraction of sp³-hybridized carbons (Fsp3) is 0.532. The summed E-state index contributed by atoms with van der Waals surface area (Å²) < 4.78 is 29.5. The van der Waals surface area contributed by atoms with Gasteiger partial charge in [-0.25, -0.2) is 33.3 Å². The van der Waals surface area contributed by atoms with Crippen molar-refractivity contribution in [3.05, 3.63) is 224 Å². The minimum Gasteiger partial charge on any atom is -0.367 e. The van der Waals surface area contributed by atoms with E-state index >= 15 is 0 Å². The molecule has 5 aromatic heterocycles. The van der Waals surface area contributed by atoms with Crippen LogP contribution in [0, 0.1) is 48.3 Å². The van der Waals surface area contributed by atoms with Gasteiger partial charge in [0.1, 0.15) is 21.2 Å². The van der Waals surface area contributed by atoms with Crippen molar-refractivity contribution < 1.29 is 41.9 Å². The Labute approximate surface area is 832 Å². The number of amides is 5. The minimum absolute atomic E-state index is 0.105. The molecule has 0 radical (unpaired) electrons. The van der Waals surface area contributed by atoms with Gasteiger partial charge in [0.05, 0.1) is 54.6 Å². The summed E-state index contributed by atoms with van der Waals surface area (Å²) in [5.74, 6) is 2.09. The quantitative estimate of drug-likeness (QED) is 0.0214. The number of likely N-dealkylation sites (tertiary alicyclic amines) is 1. The third-order valence-electron chi connectivity index (χ3n) is 30.1. The van der Waals surface area contributed by atoms with E-state index < -0.39 is 9.84 Å². The highest BCUT2D eigenvalue weighted by Crippen LogP contribution is 2.49. The predicted octanol–water partition coefficient (Wildman–Crippen LogP) is 22.9. The van der Waals surface area contributed by atoms with Gasteiger partial charge in [0.15, 0.2) is 5.82 Å². The molecule has 8 aromatic rings. The lowest BCUT2D eigenvalue weighted by atomic mass is 9.76. The Bertz CT molecular complexity index is 6190. The summed E-state index contributed by atoms with van der Waals surface area (Å²) in [5, 5.41) is 19.0. The molecular weight excluding hydrogens is 1790 g/mol. The highest BCUT2D eigenvalue weighted by Gasteiger charge is 2.41. The van der Waals surface area contributed by atoms with Crippen LogP contribution >= 0.6 is 0 Å². The number of rotatable bonds is 27. The van der Waals surface area contributed by atoms with Crippen LogP contribution in [0.1, 0.15) is 359 Å². The SMILES string of the molecule is Cc1cnc(C(=O)Nc2ccc(C3CCC(=O)CC3)cc2C2=CCC(C)(C)CC2)[nH]1.[C-]#[N+]c1cnc(C(=O)Nc2ccc(C3(OCCN4CCCC4)CCCC3)nc2C2=CCC(C)(C)CC2)[nH]1.[C-]#[N+]c1cnc(C(=O)Nc2ccc(C3CCC(NCC(=O)N(C)C)CC3)cc2C2=CCC(C)(C)CC2)[nH]1.[C-]#[N+]c1cnc(C(=O)Nc2ccc(C3CCC(NCCS(C)(=O)=O)CC3)cc2C2=CCC(C)(C)CC2)[nH]1. The van der Waals surface area contributed by atoms with Gasteiger partial charge < -0.3 is 66.0 Å². The average Bonchev–Trinajstić information content (AvgIpc) is 1.70. The number of sulfone groups is 1. The second kappa shape index (κ2) is 46.7. The Kier molecular flexibility index (Phi) is 34.7. The number of pyridine rings is 1. The first-order chi connectivity index (χ1) is 67.4. The van der Waals surface area contributed by atoms with E-state index in [1.807, 2.05) is 37.3 Å². The zero-order valence-corrected chi connectivity index (χ0v) is 85.4. The van der Waals surface area contributed by atoms with Gasteiger partial charge in [-0.2, -0.15) is 0 Å². The summed E-state index contributed by atoms with van der Waals surface area (Å²) in [4.78, 5) is 122. The van der Waals surface area contributed by atoms with Gasteiger partial charge in [0, 0.05) is 104 Å². The minimum atomic E-state index is -2.95. The van der Waals surface area contributed by atoms with Crippen molar-refractivity contribution in [3.8, 4) is 0 Å². The van der Waals surface area contributed by atoms with Gasteiger partial charge in [0.2, 0.25) is 23.4 Å². The zero-order chi connectivity index (χ0) is 100. The van der Waals surface area contributed by atoms with Crippen molar-refractivity contribution in [1.82, 2.24) is 65.3 Å². The molecule has 0 atom stereocenters. The molecule has 9 aliphatic rings. The molecule has 1 saturated heterocycles. The van der Waals surface area contributed by atoms with Gasteiger partial charge in [-0.1, -0.05) is 130 Å². The monoisotopic (exact) mass is 1930 g/mol. The molecule has 0 unspecified atom stereocenters. The Morgan fingerprint density at radius 1 is 0.475 bits per heavy atom. The number of Topliss-reactive ketones (excluding diaryl/α,β-unsaturated/α-hetero) is 1. The lowest BCUT2D eigenvalue weighted by Crippen LogP contribution is -2.40. The summed E-state index contributed by atoms with van der Waals surface area (Å²) in [6, 6.07) is 23.9. The van der Waals surface area contributed by atoms with Crippen molar-refractivity contribution >= 4 is 108 Å². The summed E-state index contributed by atoms with van der Waals surface area (Å²) in [6.45, 7) is 46.5. The standard InChI is InChI=1S/2C29H38N6O2.C28H37N5O3S.C25H31N3O2/c1-28(2)14-10-21(11-15-28)25-22(32-27(36)26-31-20-24(30-3)34-26)8-9-23(33-25)29(12-4-5-13-29)37-19-18-35-16-6-7-17-35;1-29(2)14-12-20(13-15-29)23-16-21(19-6-9-22(10-7-19)31-18-26(36)35(4)5)8-11-24(23)33-28(37)27-32-17-25(30-3)34-27;1-28(2)13-11-20(12-14-28)23-17-21(19-5-8-22(9-6-19)30-15-16-37(4,35)36)7-10-24(23)32-27(34)26-31-18-25(29-3)33-26;1-16-15-26-23(27-16)24(30)28-22-9-6-19(17-4-7-20(29)8-5-17)14-21(22)18-10-12-25(2,3)13-11-18/h8-10,20H,4-7,11-19H2,1-2H3,(H,31,34)(H,32,36);8,11-12,16-17,19,22,31H,6-7,9-10,13-15,18H2,1-2,4-5H3,(H,32,34)(H,33,37);7,10-11,17-19,22,30H,5-6,8-9,12-16H2,1-2,4H3,(H,31,33)(H,32,34);6,9-10,14-15,17H,4-5,7-8,11-13H2,1-3H3,(H,26,27)(H,28,30). The molecule has 4 saturated carbocycles. The van der Waals surface area contributed by atoms with Crippen LogP contribution < -0.4 is 31.9 Å². The third-order valence-corrected chi connectivity index (χ3v) is 31.0. The number of aromatic nitrogens is 9. The lowest BCUT2D eigenvalue weighted by molar-refractivity contribution is -0.128. The van der Waals surface area contributed by atoms with Crippen molar-refractivity contribution in [1.29, 1.82) is 0 Å². The van der Waals surface area contributed by atoms with E-state index in [4.69, 9.17) is 29.4 Å². The maximum atomic E-state index is 13.0. The summed E-state index contributed by atoms with van der Waals surface area (Å²) >= 11 is 0. The molecule has 8 aliphatic carbocycles. The Morgan fingerprint density at radius 3 is 1.22 bits per heavy atom. The molecule has 30 heteroatoms. The summed E-state index contributed by atoms with van der Waals surface area (Å²) in [7, 11) is 0.620. The number of aromatic amines is 4. The van der Waals surface area contributed by atoms with E-state index in [2.05, 4.69) is 207 Å². The molecule has 0 spiro atoms. The van der Waals surface area contributed by atoms with Crippen LogP contribution in [-0.2, 0) is 29.8 Å². The normalized spacial score (nSPS) is 20.8. The molecular formula is C111H144N20O9S. The molecule has 10 N–H and O–H groups in total. The molecule has 0 bridgehead atoms. The van der Waals surface area contributed by atoms with Crippen molar-refractivity contribution in [2.24, 2.45) is 21.7 Å². The smallest absolute Gasteiger partial charge is 0.314 e. The van der Waals surface area contributed by atoms with E-state index in [0.29, 0.717) is 85.1 Å². The maximum absolute atomic E-state index is 13.0. The number of aryl methyl sites for hydroxylation is 1. The zero-order valence-electron chi connectivity index (χ0n) is 84.6. The van der Waals surface area contributed by atoms with Crippen molar-refractivity contribution in [2.45, 2.75) is 290 Å². The number of carbonyl (C=O) groups is 6. The number of nitrogens with zero attached hydrogens (tertiary/aromatic N) is 10. The largest absolute Gasteiger partial charge is 0.367 e. The molecule has 5 amide bonds. The van der Waals surface area contributed by atoms with Crippen molar-refractivity contribution in [3.63, 3.8) is 0 Å². The van der Waals surface area contributed by atoms with Crippen LogP contribution in [0.15, 0.2) is 116 Å². The summed E-state index contributed by atoms with van der Waals surface area (Å²) in [5.41, 5.74) is 18.6. The maximum Gasteiger partial charge on any atom is 0.314 e. The van der Waals surface area contributed by atoms with Crippen LogP contribution in [0.4, 0.5) is 40.2 Å². The Balaban J connectivity index is 0.000000150. The third kappa shape index (κ3) is 28.9. The highest BCUT2D eigenvalue weighted by molar-refractivity contribution is 7.90. The number of imidazole rings is 4. The highest BCUT2D eigenvalue weighted by atomic mass is 32.2. The number of anilines is 4. The van der Waals surface area contributed by atoms with Gasteiger partial charge >= 0.3 is 17.7 Å². The number of carbonyl (C=O) groups excluding carboxylic acids is 6. The fourth-order valence-corrected chi connectivity index (χ4v) is 21.2. The van der Waals surface area contributed by atoms with E-state index in [9.17, 15) is 37.2 Å². The van der Waals surface area contributed by atoms with Crippen LogP contribution in [0.5, 0.6) is 0 Å². The first kappa shape index (κ1) is 105. The van der Waals surface area contributed by atoms with E-state index in [1.54, 1.807) is 25.2 Å². The number of H-pyrrole nitrogens is 4. The Morgan fingerprint density at radius 2 is 0.851 bits per heavy atom. The number of hydrogen-bond donors (Lipinski definition) is 10. The predicted molar refractivity (Wildman–Crippen MR) is 558 cm³/mol. The van der Waals surface area contributed by atoms with E-state index in [0.717, 1.165) is 224 Å². The van der Waals surface area contributed by atoms with Gasteiger partial charge in [-0.15, -0.1) is 0 Å². The Hall–Kier alpha value is -12.1. The molecule has 141 heavy (non-hydrogen) atoms. The van der Waals surface area contributed by atoms with E-state index in [1.165, 1.54) is 89.8 Å². The lowest BCUT2D eigenvalue weighted by Gasteiger charge is -2.32. The second-order valence-electron chi connectivity index (χ2n) is 43.6. The van der Waals surface area contributed by atoms with Gasteiger partial charge in [-0.05, 0) is 314 Å². The molecule has 17 rings (SSSR count). The summed E-state index contributed by atoms with van der Waals surface area (Å²) in [6.07, 6.45) is 46.9. The number of nitrogens with one attached hydrogen (secondary N) is 10. The number of hydrogen-bond acceptors (Lipinski definition) is 17. The topological polar surface area (TPSA) is 365 Å². The number of benzene rings is 3. The molecule has 1 aliphatic heterocycles. The van der Waals surface area contributed by atoms with Crippen LogP contribution in [-0.4, -0.2) is 176 Å². The number of allylic oxidation sites excluding steroid dienone is 8. The van der Waals surface area contributed by atoms with Gasteiger partial charge in [0.25, 0.3) is 23.4 Å². The molecule has 29 nitrogen and oxygen atoms in total. The number of ether oxygens (including phenoxy) is 1. The molecule has 6 heterocycles. The molecule has 748 valence electrons. The second-order valence-corrected chi connectivity index (χ2v) is 45.8.